The molecule has 1 heterocycles. The maximum Gasteiger partial charge on any atom is 0.164 e. The summed E-state index contributed by atoms with van der Waals surface area (Å²) in [4.78, 5) is 4.14. The predicted molar refractivity (Wildman–Crippen MR) is 60.1 cm³/mol. The van der Waals surface area contributed by atoms with Gasteiger partial charge in [-0.3, -0.25) is 4.68 Å². The van der Waals surface area contributed by atoms with Crippen molar-refractivity contribution in [2.24, 2.45) is 24.6 Å². The normalized spacial score (nSPS) is 13.4. The Hall–Kier alpha value is -0.940. The van der Waals surface area contributed by atoms with E-state index in [2.05, 4.69) is 29.2 Å². The maximum atomic E-state index is 5.68. The SMILES string of the molecule is CC(C)C(CN)CNCc1ncn(C)n1. The van der Waals surface area contributed by atoms with Crippen molar-refractivity contribution in [3.8, 4) is 0 Å². The Bertz CT molecular complexity index is 281. The summed E-state index contributed by atoms with van der Waals surface area (Å²) >= 11 is 0. The molecule has 5 nitrogen and oxygen atoms in total. The quantitative estimate of drug-likeness (QED) is 0.702. The maximum absolute atomic E-state index is 5.68. The predicted octanol–water partition coefficient (Wildman–Crippen LogP) is 0.136. The van der Waals surface area contributed by atoms with Gasteiger partial charge in [0.1, 0.15) is 6.33 Å². The van der Waals surface area contributed by atoms with Gasteiger partial charge >= 0.3 is 0 Å². The highest BCUT2D eigenvalue weighted by atomic mass is 15.3. The highest BCUT2D eigenvalue weighted by Gasteiger charge is 2.10. The Kier molecular flexibility index (Phi) is 4.71. The number of aromatic nitrogens is 3. The fourth-order valence-electron chi connectivity index (χ4n) is 1.43. The molecule has 1 atom stereocenters. The van der Waals surface area contributed by atoms with E-state index in [9.17, 15) is 0 Å². The largest absolute Gasteiger partial charge is 0.330 e. The molecule has 1 rings (SSSR count). The second-order valence-electron chi connectivity index (χ2n) is 4.21. The van der Waals surface area contributed by atoms with Crippen molar-refractivity contribution in [2.75, 3.05) is 13.1 Å². The van der Waals surface area contributed by atoms with Gasteiger partial charge in [-0.25, -0.2) is 4.98 Å². The molecule has 0 saturated carbocycles. The van der Waals surface area contributed by atoms with Gasteiger partial charge in [-0.15, -0.1) is 0 Å². The van der Waals surface area contributed by atoms with Gasteiger partial charge in [-0.2, -0.15) is 5.10 Å². The first-order valence-corrected chi connectivity index (χ1v) is 5.38. The average Bonchev–Trinajstić information content (AvgIpc) is 2.58. The van der Waals surface area contributed by atoms with Crippen LogP contribution in [0.25, 0.3) is 0 Å². The van der Waals surface area contributed by atoms with Crippen LogP contribution in [0.15, 0.2) is 6.33 Å². The number of nitrogens with one attached hydrogen (secondary N) is 1. The third-order valence-electron chi connectivity index (χ3n) is 2.58. The standard InChI is InChI=1S/C10H21N5/c1-8(2)9(4-11)5-12-6-10-13-7-15(3)14-10/h7-9,12H,4-6,11H2,1-3H3. The van der Waals surface area contributed by atoms with Crippen LogP contribution >= 0.6 is 0 Å². The topological polar surface area (TPSA) is 68.8 Å². The van der Waals surface area contributed by atoms with Crippen LogP contribution in [0.3, 0.4) is 0 Å². The average molecular weight is 211 g/mol. The van der Waals surface area contributed by atoms with E-state index in [4.69, 9.17) is 5.73 Å². The lowest BCUT2D eigenvalue weighted by molar-refractivity contribution is 0.369. The summed E-state index contributed by atoms with van der Waals surface area (Å²) in [5, 5.41) is 7.52. The number of hydrogen-bond donors (Lipinski definition) is 2. The number of rotatable bonds is 6. The zero-order valence-electron chi connectivity index (χ0n) is 9.77. The monoisotopic (exact) mass is 211 g/mol. The van der Waals surface area contributed by atoms with Gasteiger partial charge in [-0.1, -0.05) is 13.8 Å². The van der Waals surface area contributed by atoms with Crippen molar-refractivity contribution in [1.82, 2.24) is 20.1 Å². The van der Waals surface area contributed by atoms with Crippen molar-refractivity contribution in [3.63, 3.8) is 0 Å². The molecule has 86 valence electrons. The summed E-state index contributed by atoms with van der Waals surface area (Å²) in [6.07, 6.45) is 1.71. The molecule has 1 aromatic heterocycles. The molecule has 0 radical (unpaired) electrons. The van der Waals surface area contributed by atoms with E-state index in [1.807, 2.05) is 7.05 Å². The van der Waals surface area contributed by atoms with Crippen LogP contribution in [0.4, 0.5) is 0 Å². The lowest BCUT2D eigenvalue weighted by atomic mass is 9.96. The Morgan fingerprint density at radius 2 is 2.27 bits per heavy atom. The third kappa shape index (κ3) is 3.97. The van der Waals surface area contributed by atoms with Gasteiger partial charge in [-0.05, 0) is 24.9 Å². The lowest BCUT2D eigenvalue weighted by Gasteiger charge is -2.18. The molecule has 0 aliphatic carbocycles. The minimum Gasteiger partial charge on any atom is -0.330 e. The van der Waals surface area contributed by atoms with Crippen LogP contribution in [0.2, 0.25) is 0 Å². The molecule has 0 aromatic carbocycles. The molecule has 0 aliphatic heterocycles. The van der Waals surface area contributed by atoms with Gasteiger partial charge in [0.25, 0.3) is 0 Å². The van der Waals surface area contributed by atoms with E-state index >= 15 is 0 Å². The summed E-state index contributed by atoms with van der Waals surface area (Å²) in [7, 11) is 1.87. The zero-order valence-corrected chi connectivity index (χ0v) is 9.77. The molecule has 0 aliphatic rings. The zero-order chi connectivity index (χ0) is 11.3. The summed E-state index contributed by atoms with van der Waals surface area (Å²) < 4.78 is 1.71. The number of hydrogen-bond acceptors (Lipinski definition) is 4. The van der Waals surface area contributed by atoms with Crippen molar-refractivity contribution in [3.05, 3.63) is 12.2 Å². The van der Waals surface area contributed by atoms with Crippen LogP contribution in [0.1, 0.15) is 19.7 Å². The van der Waals surface area contributed by atoms with Gasteiger partial charge in [0, 0.05) is 7.05 Å². The van der Waals surface area contributed by atoms with Crippen LogP contribution in [-0.2, 0) is 13.6 Å². The van der Waals surface area contributed by atoms with E-state index in [0.717, 1.165) is 18.9 Å². The first-order valence-electron chi connectivity index (χ1n) is 5.38. The third-order valence-corrected chi connectivity index (χ3v) is 2.58. The fourth-order valence-corrected chi connectivity index (χ4v) is 1.43. The number of nitrogens with two attached hydrogens (primary N) is 1. The highest BCUT2D eigenvalue weighted by Crippen LogP contribution is 2.07. The smallest absolute Gasteiger partial charge is 0.164 e. The molecular formula is C10H21N5. The molecule has 0 amide bonds. The molecule has 3 N–H and O–H groups in total. The van der Waals surface area contributed by atoms with Crippen molar-refractivity contribution in [1.29, 1.82) is 0 Å². The second-order valence-corrected chi connectivity index (χ2v) is 4.21. The Balaban J connectivity index is 2.26. The van der Waals surface area contributed by atoms with E-state index in [-0.39, 0.29) is 0 Å². The molecule has 1 unspecified atom stereocenters. The Morgan fingerprint density at radius 1 is 1.53 bits per heavy atom. The highest BCUT2D eigenvalue weighted by molar-refractivity contribution is 4.80. The second kappa shape index (κ2) is 5.82. The van der Waals surface area contributed by atoms with Crippen LogP contribution < -0.4 is 11.1 Å². The molecule has 0 bridgehead atoms. The van der Waals surface area contributed by atoms with Crippen LogP contribution in [0.5, 0.6) is 0 Å². The van der Waals surface area contributed by atoms with Gasteiger partial charge in [0.15, 0.2) is 5.82 Å². The van der Waals surface area contributed by atoms with Crippen molar-refractivity contribution in [2.45, 2.75) is 20.4 Å². The van der Waals surface area contributed by atoms with Crippen LogP contribution in [0, 0.1) is 11.8 Å². The molecule has 15 heavy (non-hydrogen) atoms. The number of nitrogens with zero attached hydrogens (tertiary/aromatic N) is 3. The van der Waals surface area contributed by atoms with Gasteiger partial charge in [0.05, 0.1) is 6.54 Å². The first kappa shape index (κ1) is 12.1. The molecule has 1 aromatic rings. The molecule has 0 saturated heterocycles. The van der Waals surface area contributed by atoms with E-state index < -0.39 is 0 Å². The van der Waals surface area contributed by atoms with Crippen molar-refractivity contribution < 1.29 is 0 Å². The van der Waals surface area contributed by atoms with Gasteiger partial charge < -0.3 is 11.1 Å². The first-order chi connectivity index (χ1) is 7.13. The van der Waals surface area contributed by atoms with E-state index in [1.165, 1.54) is 0 Å². The number of aryl methyl sites for hydroxylation is 1. The Labute approximate surface area is 91.1 Å². The van der Waals surface area contributed by atoms with E-state index in [1.54, 1.807) is 11.0 Å². The fraction of sp³-hybridized carbons (Fsp3) is 0.800. The molecule has 0 fully saturated rings. The minimum absolute atomic E-state index is 0.522. The van der Waals surface area contributed by atoms with Crippen LogP contribution in [-0.4, -0.2) is 27.9 Å². The summed E-state index contributed by atoms with van der Waals surface area (Å²) in [6.45, 7) is 6.74. The molecule has 5 heteroatoms. The van der Waals surface area contributed by atoms with Gasteiger partial charge in [0.2, 0.25) is 0 Å². The summed E-state index contributed by atoms with van der Waals surface area (Å²) in [5.74, 6) is 1.96. The summed E-state index contributed by atoms with van der Waals surface area (Å²) in [6, 6.07) is 0. The Morgan fingerprint density at radius 3 is 2.73 bits per heavy atom. The molecular weight excluding hydrogens is 190 g/mol. The summed E-state index contributed by atoms with van der Waals surface area (Å²) in [5.41, 5.74) is 5.68. The molecule has 0 spiro atoms. The van der Waals surface area contributed by atoms with E-state index in [0.29, 0.717) is 18.4 Å². The van der Waals surface area contributed by atoms with Crippen molar-refractivity contribution >= 4 is 0 Å². The lowest BCUT2D eigenvalue weighted by Crippen LogP contribution is -2.31. The minimum atomic E-state index is 0.522.